The number of fused-ring (bicyclic) bond motifs is 1. The lowest BCUT2D eigenvalue weighted by molar-refractivity contribution is -0.118. The molecule has 22 heavy (non-hydrogen) atoms. The first-order valence-corrected chi connectivity index (χ1v) is 8.84. The minimum Gasteiger partial charge on any atom is -0.325 e. The molecule has 2 fully saturated rings. The summed E-state index contributed by atoms with van der Waals surface area (Å²) in [7, 11) is 0. The van der Waals surface area contributed by atoms with Crippen molar-refractivity contribution in [1.29, 1.82) is 0 Å². The van der Waals surface area contributed by atoms with Gasteiger partial charge in [0.05, 0.1) is 6.54 Å². The number of amides is 1. The molecule has 120 valence electrons. The molecule has 1 aliphatic heterocycles. The van der Waals surface area contributed by atoms with Crippen LogP contribution >= 0.6 is 23.2 Å². The first kappa shape index (κ1) is 16.1. The molecule has 3 nitrogen and oxygen atoms in total. The van der Waals surface area contributed by atoms with Crippen LogP contribution in [0.25, 0.3) is 0 Å². The molecule has 1 amide bonds. The van der Waals surface area contributed by atoms with Crippen LogP contribution in [0.5, 0.6) is 0 Å². The van der Waals surface area contributed by atoms with Crippen LogP contribution in [0.1, 0.15) is 32.1 Å². The number of benzene rings is 1. The number of hydrogen-bond donors (Lipinski definition) is 1. The highest BCUT2D eigenvalue weighted by Gasteiger charge is 2.31. The maximum Gasteiger partial charge on any atom is 0.238 e. The SMILES string of the molecule is O=C(CN1CCC2CCCCC2C1)Nc1cc(Cl)cc(Cl)c1. The lowest BCUT2D eigenvalue weighted by Gasteiger charge is -2.41. The molecule has 0 radical (unpaired) electrons. The van der Waals surface area contributed by atoms with Crippen LogP contribution in [-0.4, -0.2) is 30.4 Å². The van der Waals surface area contributed by atoms with E-state index in [1.807, 2.05) is 0 Å². The summed E-state index contributed by atoms with van der Waals surface area (Å²) >= 11 is 11.9. The first-order chi connectivity index (χ1) is 10.6. The Morgan fingerprint density at radius 1 is 1.09 bits per heavy atom. The summed E-state index contributed by atoms with van der Waals surface area (Å²) < 4.78 is 0. The van der Waals surface area contributed by atoms with Gasteiger partial charge in [0.1, 0.15) is 0 Å². The molecule has 0 bridgehead atoms. The van der Waals surface area contributed by atoms with E-state index in [9.17, 15) is 4.79 Å². The standard InChI is InChI=1S/C17H22Cl2N2O/c18-14-7-15(19)9-16(8-14)20-17(22)11-21-6-5-12-3-1-2-4-13(12)10-21/h7-9,12-13H,1-6,10-11H2,(H,20,22). The number of anilines is 1. The molecule has 1 saturated carbocycles. The van der Waals surface area contributed by atoms with Gasteiger partial charge in [0.2, 0.25) is 5.91 Å². The van der Waals surface area contributed by atoms with Crippen LogP contribution in [0.15, 0.2) is 18.2 Å². The summed E-state index contributed by atoms with van der Waals surface area (Å²) in [6, 6.07) is 5.10. The number of likely N-dealkylation sites (tertiary alicyclic amines) is 1. The molecule has 1 saturated heterocycles. The predicted molar refractivity (Wildman–Crippen MR) is 91.6 cm³/mol. The van der Waals surface area contributed by atoms with Crippen molar-refractivity contribution in [2.24, 2.45) is 11.8 Å². The van der Waals surface area contributed by atoms with Gasteiger partial charge in [0.15, 0.2) is 0 Å². The van der Waals surface area contributed by atoms with Crippen molar-refractivity contribution < 1.29 is 4.79 Å². The zero-order valence-electron chi connectivity index (χ0n) is 12.7. The molecule has 5 heteroatoms. The number of rotatable bonds is 3. The van der Waals surface area contributed by atoms with Gasteiger partial charge in [-0.05, 0) is 49.4 Å². The molecule has 2 atom stereocenters. The topological polar surface area (TPSA) is 32.3 Å². The van der Waals surface area contributed by atoms with E-state index in [4.69, 9.17) is 23.2 Å². The predicted octanol–water partition coefficient (Wildman–Crippen LogP) is 4.44. The van der Waals surface area contributed by atoms with Crippen LogP contribution in [0.3, 0.4) is 0 Å². The van der Waals surface area contributed by atoms with Gasteiger partial charge in [-0.25, -0.2) is 0 Å². The zero-order chi connectivity index (χ0) is 15.5. The molecule has 1 aliphatic carbocycles. The monoisotopic (exact) mass is 340 g/mol. The van der Waals surface area contributed by atoms with Crippen molar-refractivity contribution in [3.8, 4) is 0 Å². The highest BCUT2D eigenvalue weighted by Crippen LogP contribution is 2.35. The lowest BCUT2D eigenvalue weighted by atomic mass is 9.75. The molecule has 1 aromatic rings. The van der Waals surface area contributed by atoms with Gasteiger partial charge in [0.25, 0.3) is 0 Å². The molecule has 2 aliphatic rings. The van der Waals surface area contributed by atoms with E-state index in [0.717, 1.165) is 24.9 Å². The summed E-state index contributed by atoms with van der Waals surface area (Å²) in [4.78, 5) is 14.5. The number of hydrogen-bond acceptors (Lipinski definition) is 2. The third-order valence-electron chi connectivity index (χ3n) is 4.89. The number of carbonyl (C=O) groups excluding carboxylic acids is 1. The summed E-state index contributed by atoms with van der Waals surface area (Å²) in [6.45, 7) is 2.55. The Labute approximate surface area is 142 Å². The lowest BCUT2D eigenvalue weighted by Crippen LogP contribution is -2.44. The minimum atomic E-state index is 0.00703. The Kier molecular flexibility index (Phi) is 5.27. The Hall–Kier alpha value is -0.770. The minimum absolute atomic E-state index is 0.00703. The highest BCUT2D eigenvalue weighted by molar-refractivity contribution is 6.35. The second-order valence-corrected chi connectivity index (χ2v) is 7.41. The first-order valence-electron chi connectivity index (χ1n) is 8.08. The van der Waals surface area contributed by atoms with Crippen molar-refractivity contribution in [3.05, 3.63) is 28.2 Å². The van der Waals surface area contributed by atoms with Crippen molar-refractivity contribution >= 4 is 34.8 Å². The summed E-state index contributed by atoms with van der Waals surface area (Å²) in [5, 5.41) is 3.96. The number of halogens is 2. The van der Waals surface area contributed by atoms with Gasteiger partial charge in [-0.15, -0.1) is 0 Å². The van der Waals surface area contributed by atoms with E-state index < -0.39 is 0 Å². The second-order valence-electron chi connectivity index (χ2n) is 6.53. The Balaban J connectivity index is 1.53. The largest absolute Gasteiger partial charge is 0.325 e. The van der Waals surface area contributed by atoms with Gasteiger partial charge >= 0.3 is 0 Å². The fourth-order valence-corrected chi connectivity index (χ4v) is 4.38. The molecule has 3 rings (SSSR count). The quantitative estimate of drug-likeness (QED) is 0.881. The summed E-state index contributed by atoms with van der Waals surface area (Å²) in [5.41, 5.74) is 0.662. The smallest absolute Gasteiger partial charge is 0.238 e. The average Bonchev–Trinajstić information content (AvgIpc) is 2.45. The molecule has 0 aromatic heterocycles. The van der Waals surface area contributed by atoms with E-state index in [-0.39, 0.29) is 5.91 Å². The normalized spacial score (nSPS) is 25.5. The third kappa shape index (κ3) is 4.15. The van der Waals surface area contributed by atoms with Gasteiger partial charge in [-0.1, -0.05) is 42.5 Å². The van der Waals surface area contributed by atoms with E-state index in [2.05, 4.69) is 10.2 Å². The number of nitrogens with zero attached hydrogens (tertiary/aromatic N) is 1. The van der Waals surface area contributed by atoms with Gasteiger partial charge in [-0.3, -0.25) is 9.69 Å². The van der Waals surface area contributed by atoms with E-state index in [1.54, 1.807) is 18.2 Å². The van der Waals surface area contributed by atoms with Gasteiger partial charge in [-0.2, -0.15) is 0 Å². The van der Waals surface area contributed by atoms with Crippen molar-refractivity contribution in [2.75, 3.05) is 25.0 Å². The Morgan fingerprint density at radius 2 is 1.77 bits per heavy atom. The fraction of sp³-hybridized carbons (Fsp3) is 0.588. The zero-order valence-corrected chi connectivity index (χ0v) is 14.2. The Bertz CT molecular complexity index is 529. The molecule has 1 N–H and O–H groups in total. The van der Waals surface area contributed by atoms with Crippen LogP contribution in [0, 0.1) is 11.8 Å². The molecule has 1 heterocycles. The third-order valence-corrected chi connectivity index (χ3v) is 5.33. The molecular formula is C17H22Cl2N2O. The van der Waals surface area contributed by atoms with E-state index in [0.29, 0.717) is 22.3 Å². The number of piperidine rings is 1. The van der Waals surface area contributed by atoms with E-state index in [1.165, 1.54) is 32.1 Å². The molecule has 1 aromatic carbocycles. The van der Waals surface area contributed by atoms with Crippen LogP contribution in [-0.2, 0) is 4.79 Å². The second kappa shape index (κ2) is 7.20. The van der Waals surface area contributed by atoms with Crippen LogP contribution < -0.4 is 5.32 Å². The van der Waals surface area contributed by atoms with E-state index >= 15 is 0 Å². The maximum absolute atomic E-state index is 12.2. The van der Waals surface area contributed by atoms with Crippen molar-refractivity contribution in [2.45, 2.75) is 32.1 Å². The van der Waals surface area contributed by atoms with Crippen molar-refractivity contribution in [1.82, 2.24) is 4.90 Å². The summed E-state index contributed by atoms with van der Waals surface area (Å²) in [6.07, 6.45) is 6.68. The average molecular weight is 341 g/mol. The fourth-order valence-electron chi connectivity index (χ4n) is 3.85. The molecule has 2 unspecified atom stereocenters. The summed E-state index contributed by atoms with van der Waals surface area (Å²) in [5.74, 6) is 1.68. The Morgan fingerprint density at radius 3 is 2.50 bits per heavy atom. The van der Waals surface area contributed by atoms with Crippen LogP contribution in [0.4, 0.5) is 5.69 Å². The highest BCUT2D eigenvalue weighted by atomic mass is 35.5. The van der Waals surface area contributed by atoms with Gasteiger partial charge in [0, 0.05) is 22.3 Å². The van der Waals surface area contributed by atoms with Crippen LogP contribution in [0.2, 0.25) is 10.0 Å². The van der Waals surface area contributed by atoms with Crippen molar-refractivity contribution in [3.63, 3.8) is 0 Å². The molecule has 0 spiro atoms. The number of nitrogens with one attached hydrogen (secondary N) is 1. The molecular weight excluding hydrogens is 319 g/mol. The maximum atomic E-state index is 12.2. The van der Waals surface area contributed by atoms with Gasteiger partial charge < -0.3 is 5.32 Å². The number of carbonyl (C=O) groups is 1.